The summed E-state index contributed by atoms with van der Waals surface area (Å²) in [4.78, 5) is 24.8. The Morgan fingerprint density at radius 1 is 1.25 bits per heavy atom. The van der Waals surface area contributed by atoms with Gasteiger partial charge in [0, 0.05) is 25.2 Å². The van der Waals surface area contributed by atoms with Gasteiger partial charge in [-0.15, -0.1) is 0 Å². The van der Waals surface area contributed by atoms with Gasteiger partial charge in [-0.05, 0) is 83.6 Å². The lowest BCUT2D eigenvalue weighted by atomic mass is 9.52. The first kappa shape index (κ1) is 22.8. The Morgan fingerprint density at radius 3 is 2.47 bits per heavy atom. The van der Waals surface area contributed by atoms with Crippen molar-refractivity contribution < 1.29 is 14.7 Å². The van der Waals surface area contributed by atoms with Gasteiger partial charge in [0.1, 0.15) is 11.4 Å². The molecule has 5 rings (SSSR count). The second-order valence-electron chi connectivity index (χ2n) is 11.1. The normalized spacial score (nSPS) is 31.3. The summed E-state index contributed by atoms with van der Waals surface area (Å²) in [6, 6.07) is 0.230. The van der Waals surface area contributed by atoms with Crippen LogP contribution in [0, 0.1) is 17.8 Å². The molecule has 2 atom stereocenters. The Balaban J connectivity index is 1.53. The molecule has 0 aromatic carbocycles. The third kappa shape index (κ3) is 4.70. The minimum absolute atomic E-state index is 0.110. The van der Waals surface area contributed by atoms with Gasteiger partial charge in [0.05, 0.1) is 17.3 Å². The molecule has 1 heterocycles. The van der Waals surface area contributed by atoms with Crippen molar-refractivity contribution in [2.75, 3.05) is 5.32 Å². The fraction of sp³-hybridized carbons (Fsp3) is 0.708. The molecule has 0 radical (unpaired) electrons. The molecule has 1 aromatic heterocycles. The van der Waals surface area contributed by atoms with Gasteiger partial charge in [-0.3, -0.25) is 9.59 Å². The maximum absolute atomic E-state index is 13.3. The van der Waals surface area contributed by atoms with Crippen molar-refractivity contribution in [3.05, 3.63) is 17.8 Å². The molecule has 4 aliphatic carbocycles. The average Bonchev–Trinajstić information content (AvgIpc) is 3.02. The molecule has 4 bridgehead atoms. The minimum Gasteiger partial charge on any atom is -0.390 e. The molecule has 4 fully saturated rings. The highest BCUT2D eigenvalue weighted by atomic mass is 16.3. The van der Waals surface area contributed by atoms with Crippen LogP contribution in [0.3, 0.4) is 0 Å². The summed E-state index contributed by atoms with van der Waals surface area (Å²) in [6.45, 7) is 9.32. The van der Waals surface area contributed by atoms with Crippen molar-refractivity contribution in [2.24, 2.45) is 17.8 Å². The fourth-order valence-corrected chi connectivity index (χ4v) is 6.26. The summed E-state index contributed by atoms with van der Waals surface area (Å²) in [5.74, 6) is 1.70. The van der Waals surface area contributed by atoms with Crippen LogP contribution in [0.1, 0.15) is 77.1 Å². The highest BCUT2D eigenvalue weighted by Gasteiger charge is 2.55. The molecule has 4 N–H and O–H groups in total. The number of carbonyl (C=O) groups is 2. The second-order valence-corrected chi connectivity index (χ2v) is 11.1. The van der Waals surface area contributed by atoms with Crippen molar-refractivity contribution in [3.63, 3.8) is 0 Å². The van der Waals surface area contributed by atoms with Crippen molar-refractivity contribution in [2.45, 2.75) is 89.9 Å². The first-order chi connectivity index (χ1) is 14.9. The first-order valence-corrected chi connectivity index (χ1v) is 11.8. The first-order valence-electron chi connectivity index (χ1n) is 11.8. The number of anilines is 1. The van der Waals surface area contributed by atoms with Crippen molar-refractivity contribution in [1.82, 2.24) is 20.4 Å². The van der Waals surface area contributed by atoms with Crippen molar-refractivity contribution in [3.8, 4) is 0 Å². The SMILES string of the molecule is CC(=O)NC(C)(C)/C=C/n1ncc(C(=O)N[C@H]2C3CC4CC2C[C@](O)(C4)C3)c1NC(C)C. The number of nitrogens with zero attached hydrogens (tertiary/aromatic N) is 2. The van der Waals surface area contributed by atoms with E-state index in [1.54, 1.807) is 17.1 Å². The van der Waals surface area contributed by atoms with Crippen LogP contribution in [-0.4, -0.2) is 49.9 Å². The van der Waals surface area contributed by atoms with E-state index in [1.165, 1.54) is 6.92 Å². The topological polar surface area (TPSA) is 108 Å². The monoisotopic (exact) mass is 443 g/mol. The van der Waals surface area contributed by atoms with Crippen LogP contribution in [0.2, 0.25) is 0 Å². The van der Waals surface area contributed by atoms with E-state index in [9.17, 15) is 14.7 Å². The van der Waals surface area contributed by atoms with Gasteiger partial charge >= 0.3 is 0 Å². The molecular formula is C24H37N5O3. The lowest BCUT2D eigenvalue weighted by molar-refractivity contribution is -0.136. The van der Waals surface area contributed by atoms with E-state index < -0.39 is 11.1 Å². The molecule has 4 aliphatic rings. The van der Waals surface area contributed by atoms with Gasteiger partial charge in [0.15, 0.2) is 0 Å². The smallest absolute Gasteiger partial charge is 0.256 e. The number of nitrogens with one attached hydrogen (secondary N) is 3. The van der Waals surface area contributed by atoms with Crippen molar-refractivity contribution >= 4 is 23.8 Å². The van der Waals surface area contributed by atoms with Crippen molar-refractivity contribution in [1.29, 1.82) is 0 Å². The summed E-state index contributed by atoms with van der Waals surface area (Å²) < 4.78 is 1.65. The van der Waals surface area contributed by atoms with Crippen LogP contribution in [0.25, 0.3) is 6.20 Å². The molecule has 8 heteroatoms. The molecule has 2 amide bonds. The highest BCUT2D eigenvalue weighted by molar-refractivity contribution is 5.99. The molecule has 0 spiro atoms. The van der Waals surface area contributed by atoms with Gasteiger partial charge in [-0.2, -0.15) is 5.10 Å². The predicted octanol–water partition coefficient (Wildman–Crippen LogP) is 2.76. The summed E-state index contributed by atoms with van der Waals surface area (Å²) in [5.41, 5.74) is -0.553. The number of carbonyl (C=O) groups excluding carboxylic acids is 2. The van der Waals surface area contributed by atoms with E-state index in [1.807, 2.05) is 33.8 Å². The zero-order valence-corrected chi connectivity index (χ0v) is 19.8. The number of aliphatic hydroxyl groups is 1. The van der Waals surface area contributed by atoms with E-state index in [-0.39, 0.29) is 23.9 Å². The van der Waals surface area contributed by atoms with Gasteiger partial charge in [-0.1, -0.05) is 0 Å². The molecular weight excluding hydrogens is 406 g/mol. The summed E-state index contributed by atoms with van der Waals surface area (Å²) in [7, 11) is 0. The fourth-order valence-electron chi connectivity index (χ4n) is 6.26. The minimum atomic E-state index is -0.546. The van der Waals surface area contributed by atoms with Crippen LogP contribution in [0.15, 0.2) is 12.3 Å². The number of hydrogen-bond acceptors (Lipinski definition) is 5. The Kier molecular flexibility index (Phi) is 5.86. The average molecular weight is 444 g/mol. The molecule has 32 heavy (non-hydrogen) atoms. The predicted molar refractivity (Wildman–Crippen MR) is 124 cm³/mol. The zero-order valence-electron chi connectivity index (χ0n) is 19.8. The summed E-state index contributed by atoms with van der Waals surface area (Å²) >= 11 is 0. The Hall–Kier alpha value is -2.35. The number of hydrogen-bond donors (Lipinski definition) is 4. The third-order valence-corrected chi connectivity index (χ3v) is 7.13. The molecule has 0 aliphatic heterocycles. The van der Waals surface area contributed by atoms with Gasteiger partial charge in [-0.25, -0.2) is 4.68 Å². The molecule has 1 aromatic rings. The van der Waals surface area contributed by atoms with Crippen LogP contribution in [0.4, 0.5) is 5.82 Å². The van der Waals surface area contributed by atoms with Gasteiger partial charge < -0.3 is 21.1 Å². The lowest BCUT2D eigenvalue weighted by Crippen LogP contribution is -2.61. The quantitative estimate of drug-likeness (QED) is 0.518. The second kappa shape index (κ2) is 8.21. The molecule has 8 nitrogen and oxygen atoms in total. The number of amides is 2. The van der Waals surface area contributed by atoms with Gasteiger partial charge in [0.2, 0.25) is 5.91 Å². The van der Waals surface area contributed by atoms with E-state index in [0.717, 1.165) is 32.1 Å². The Morgan fingerprint density at radius 2 is 1.91 bits per heavy atom. The largest absolute Gasteiger partial charge is 0.390 e. The molecule has 4 saturated carbocycles. The molecule has 2 unspecified atom stereocenters. The molecule has 0 saturated heterocycles. The Bertz CT molecular complexity index is 903. The summed E-state index contributed by atoms with van der Waals surface area (Å²) in [5, 5.41) is 24.8. The van der Waals surface area contributed by atoms with E-state index in [4.69, 9.17) is 0 Å². The van der Waals surface area contributed by atoms with Gasteiger partial charge in [0.25, 0.3) is 5.91 Å². The van der Waals surface area contributed by atoms with Crippen LogP contribution in [0.5, 0.6) is 0 Å². The standard InChI is InChI=1S/C24H37N5O3/c1-14(2)26-21-19(13-25-29(21)7-6-23(4,5)28-15(3)30)22(31)27-20-17-8-16-9-18(20)12-24(32,10-16)11-17/h6-7,13-14,16-18,20,26,32H,8-12H2,1-5H3,(H,27,31)(H,28,30)/b7-6+/t16?,17?,18?,20-,24-. The summed E-state index contributed by atoms with van der Waals surface area (Å²) in [6.07, 6.45) is 9.94. The van der Waals surface area contributed by atoms with E-state index in [2.05, 4.69) is 21.0 Å². The Labute approximate surface area is 190 Å². The van der Waals surface area contributed by atoms with Crippen LogP contribution < -0.4 is 16.0 Å². The van der Waals surface area contributed by atoms with Crippen LogP contribution in [-0.2, 0) is 4.79 Å². The maximum atomic E-state index is 13.3. The molecule has 176 valence electrons. The maximum Gasteiger partial charge on any atom is 0.256 e. The van der Waals surface area contributed by atoms with Crippen LogP contribution >= 0.6 is 0 Å². The van der Waals surface area contributed by atoms with E-state index >= 15 is 0 Å². The highest BCUT2D eigenvalue weighted by Crippen LogP contribution is 2.55. The third-order valence-electron chi connectivity index (χ3n) is 7.13. The lowest BCUT2D eigenvalue weighted by Gasteiger charge is -2.58. The van der Waals surface area contributed by atoms with E-state index in [0.29, 0.717) is 29.1 Å². The zero-order chi connectivity index (χ0) is 23.3. The number of rotatable bonds is 7. The number of aromatic nitrogens is 2.